The van der Waals surface area contributed by atoms with Crippen LogP contribution in [0.3, 0.4) is 0 Å². The van der Waals surface area contributed by atoms with E-state index in [2.05, 4.69) is 6.08 Å². The fourth-order valence-electron chi connectivity index (χ4n) is 2.76. The molecule has 2 aliphatic rings. The van der Waals surface area contributed by atoms with E-state index in [-0.39, 0.29) is 12.5 Å². The van der Waals surface area contributed by atoms with Gasteiger partial charge in [0.15, 0.2) is 0 Å². The maximum Gasteiger partial charge on any atom is 0.320 e. The molecule has 1 fully saturated rings. The lowest BCUT2D eigenvalue weighted by atomic mass is 9.92. The highest BCUT2D eigenvalue weighted by Crippen LogP contribution is 2.22. The van der Waals surface area contributed by atoms with E-state index in [0.29, 0.717) is 5.92 Å². The van der Waals surface area contributed by atoms with E-state index in [1.165, 1.54) is 0 Å². The van der Waals surface area contributed by atoms with Crippen LogP contribution in [0.25, 0.3) is 0 Å². The minimum Gasteiger partial charge on any atom is -0.481 e. The number of rotatable bonds is 3. The zero-order valence-corrected chi connectivity index (χ0v) is 11.3. The van der Waals surface area contributed by atoms with Crippen LogP contribution in [0.2, 0.25) is 0 Å². The molecule has 2 aliphatic heterocycles. The molecule has 19 heavy (non-hydrogen) atoms. The zero-order valence-electron chi connectivity index (χ0n) is 11.3. The molecule has 0 aromatic rings. The van der Waals surface area contributed by atoms with Crippen molar-refractivity contribution in [1.82, 2.24) is 9.80 Å². The van der Waals surface area contributed by atoms with E-state index in [1.807, 2.05) is 15.9 Å². The monoisotopic (exact) mass is 266 g/mol. The fourth-order valence-corrected chi connectivity index (χ4v) is 2.76. The predicted molar refractivity (Wildman–Crippen MR) is 71.9 cm³/mol. The Bertz CT molecular complexity index is 360. The minimum atomic E-state index is -0.724. The molecular formula is C14H22N2O3. The van der Waals surface area contributed by atoms with Crippen LogP contribution in [0.1, 0.15) is 32.1 Å². The van der Waals surface area contributed by atoms with Crippen LogP contribution in [0.5, 0.6) is 0 Å². The van der Waals surface area contributed by atoms with E-state index in [0.717, 1.165) is 51.9 Å². The van der Waals surface area contributed by atoms with Crippen LogP contribution in [-0.2, 0) is 4.79 Å². The molecule has 1 saturated heterocycles. The summed E-state index contributed by atoms with van der Waals surface area (Å²) in [5.41, 5.74) is 0. The molecule has 2 rings (SSSR count). The Morgan fingerprint density at radius 2 is 1.84 bits per heavy atom. The van der Waals surface area contributed by atoms with Crippen molar-refractivity contribution >= 4 is 12.0 Å². The second-order valence-electron chi connectivity index (χ2n) is 5.35. The highest BCUT2D eigenvalue weighted by molar-refractivity contribution is 5.75. The van der Waals surface area contributed by atoms with E-state index in [4.69, 9.17) is 5.11 Å². The van der Waals surface area contributed by atoms with Crippen LogP contribution in [-0.4, -0.2) is 53.1 Å². The lowest BCUT2D eigenvalue weighted by Gasteiger charge is -2.36. The van der Waals surface area contributed by atoms with Gasteiger partial charge in [0.05, 0.1) is 0 Å². The Morgan fingerprint density at radius 1 is 1.11 bits per heavy atom. The number of nitrogens with zero attached hydrogens (tertiary/aromatic N) is 2. The van der Waals surface area contributed by atoms with Crippen molar-refractivity contribution in [1.29, 1.82) is 0 Å². The summed E-state index contributed by atoms with van der Waals surface area (Å²) in [7, 11) is 0. The third-order valence-corrected chi connectivity index (χ3v) is 3.98. The molecule has 0 radical (unpaired) electrons. The summed E-state index contributed by atoms with van der Waals surface area (Å²) in [5.74, 6) is -0.264. The topological polar surface area (TPSA) is 60.9 Å². The van der Waals surface area contributed by atoms with Crippen molar-refractivity contribution in [3.63, 3.8) is 0 Å². The summed E-state index contributed by atoms with van der Waals surface area (Å²) in [5, 5.41) is 8.68. The first-order chi connectivity index (χ1) is 9.16. The van der Waals surface area contributed by atoms with Gasteiger partial charge in [-0.3, -0.25) is 4.79 Å². The summed E-state index contributed by atoms with van der Waals surface area (Å²) in [6, 6.07) is 0.140. The van der Waals surface area contributed by atoms with Gasteiger partial charge in [0, 0.05) is 32.6 Å². The number of urea groups is 1. The summed E-state index contributed by atoms with van der Waals surface area (Å²) in [4.78, 5) is 26.6. The van der Waals surface area contributed by atoms with Crippen molar-refractivity contribution in [2.24, 2.45) is 5.92 Å². The van der Waals surface area contributed by atoms with Gasteiger partial charge in [0.1, 0.15) is 0 Å². The number of likely N-dealkylation sites (tertiary alicyclic amines) is 1. The van der Waals surface area contributed by atoms with Crippen molar-refractivity contribution in [2.75, 3.05) is 26.2 Å². The summed E-state index contributed by atoms with van der Waals surface area (Å²) in [6.07, 6.45) is 7.95. The molecule has 0 atom stereocenters. The van der Waals surface area contributed by atoms with E-state index in [9.17, 15) is 9.59 Å². The van der Waals surface area contributed by atoms with Gasteiger partial charge in [-0.1, -0.05) is 12.2 Å². The van der Waals surface area contributed by atoms with Crippen LogP contribution < -0.4 is 0 Å². The molecule has 2 amide bonds. The molecule has 0 bridgehead atoms. The number of piperidine rings is 1. The number of carbonyl (C=O) groups excluding carboxylic acids is 1. The number of amides is 2. The van der Waals surface area contributed by atoms with Crippen LogP contribution in [0.15, 0.2) is 12.2 Å². The standard InChI is InChI=1S/C14H22N2O3/c17-13(18)5-4-12-6-10-16(11-7-12)14(19)15-8-2-1-3-9-15/h1-2,12H,3-11H2,(H,17,18). The highest BCUT2D eigenvalue weighted by atomic mass is 16.4. The third kappa shape index (κ3) is 3.98. The number of carboxylic acids is 1. The molecule has 0 aromatic heterocycles. The number of carbonyl (C=O) groups is 2. The number of carboxylic acid groups (broad SMARTS) is 1. The Kier molecular flexibility index (Phi) is 4.82. The fraction of sp³-hybridized carbons (Fsp3) is 0.714. The number of aliphatic carboxylic acids is 1. The lowest BCUT2D eigenvalue weighted by molar-refractivity contribution is -0.137. The molecule has 0 saturated carbocycles. The first kappa shape index (κ1) is 13.9. The van der Waals surface area contributed by atoms with Gasteiger partial charge in [-0.2, -0.15) is 0 Å². The second-order valence-corrected chi connectivity index (χ2v) is 5.35. The average molecular weight is 266 g/mol. The predicted octanol–water partition coefficient (Wildman–Crippen LogP) is 1.95. The number of hydrogen-bond donors (Lipinski definition) is 1. The molecule has 0 unspecified atom stereocenters. The van der Waals surface area contributed by atoms with Gasteiger partial charge in [0.2, 0.25) is 0 Å². The smallest absolute Gasteiger partial charge is 0.320 e. The van der Waals surface area contributed by atoms with Gasteiger partial charge in [0.25, 0.3) is 0 Å². The maximum absolute atomic E-state index is 12.2. The van der Waals surface area contributed by atoms with Crippen molar-refractivity contribution in [2.45, 2.75) is 32.1 Å². The molecule has 5 nitrogen and oxygen atoms in total. The summed E-state index contributed by atoms with van der Waals surface area (Å²) in [6.45, 7) is 3.07. The van der Waals surface area contributed by atoms with Gasteiger partial charge in [-0.25, -0.2) is 4.79 Å². The summed E-state index contributed by atoms with van der Waals surface area (Å²) < 4.78 is 0. The van der Waals surface area contributed by atoms with Gasteiger partial charge >= 0.3 is 12.0 Å². The minimum absolute atomic E-state index is 0.140. The highest BCUT2D eigenvalue weighted by Gasteiger charge is 2.26. The lowest BCUT2D eigenvalue weighted by Crippen LogP contribution is -2.47. The van der Waals surface area contributed by atoms with Gasteiger partial charge < -0.3 is 14.9 Å². The van der Waals surface area contributed by atoms with Crippen molar-refractivity contribution in [3.8, 4) is 0 Å². The van der Waals surface area contributed by atoms with Crippen LogP contribution in [0.4, 0.5) is 4.79 Å². The molecule has 0 spiro atoms. The van der Waals surface area contributed by atoms with E-state index >= 15 is 0 Å². The SMILES string of the molecule is O=C(O)CCC1CCN(C(=O)N2CC=CCC2)CC1. The number of hydrogen-bond acceptors (Lipinski definition) is 2. The molecular weight excluding hydrogens is 244 g/mol. The molecule has 1 N–H and O–H groups in total. The van der Waals surface area contributed by atoms with Crippen LogP contribution in [0, 0.1) is 5.92 Å². The van der Waals surface area contributed by atoms with E-state index < -0.39 is 5.97 Å². The quantitative estimate of drug-likeness (QED) is 0.794. The largest absolute Gasteiger partial charge is 0.481 e. The Balaban J connectivity index is 1.74. The summed E-state index contributed by atoms with van der Waals surface area (Å²) >= 11 is 0. The zero-order chi connectivity index (χ0) is 13.7. The molecule has 0 aromatic carbocycles. The molecule has 2 heterocycles. The Morgan fingerprint density at radius 3 is 2.42 bits per heavy atom. The van der Waals surface area contributed by atoms with E-state index in [1.54, 1.807) is 0 Å². The Hall–Kier alpha value is -1.52. The van der Waals surface area contributed by atoms with Crippen LogP contribution >= 0.6 is 0 Å². The molecule has 5 heteroatoms. The second kappa shape index (κ2) is 6.59. The van der Waals surface area contributed by atoms with Gasteiger partial charge in [-0.05, 0) is 31.6 Å². The third-order valence-electron chi connectivity index (χ3n) is 3.98. The first-order valence-electron chi connectivity index (χ1n) is 7.07. The maximum atomic E-state index is 12.2. The van der Waals surface area contributed by atoms with Crippen molar-refractivity contribution in [3.05, 3.63) is 12.2 Å². The first-order valence-corrected chi connectivity index (χ1v) is 7.07. The average Bonchev–Trinajstić information content (AvgIpc) is 2.46. The van der Waals surface area contributed by atoms with Crippen molar-refractivity contribution < 1.29 is 14.7 Å². The van der Waals surface area contributed by atoms with Gasteiger partial charge in [-0.15, -0.1) is 0 Å². The normalized spacial score (nSPS) is 20.6. The Labute approximate surface area is 113 Å². The molecule has 106 valence electrons. The molecule has 0 aliphatic carbocycles.